The van der Waals surface area contributed by atoms with Crippen LogP contribution in [0, 0.1) is 5.92 Å². The topological polar surface area (TPSA) is 59.4 Å². The molecular formula is C22H26N4O2S. The molecule has 3 aromatic rings. The molecule has 6 nitrogen and oxygen atoms in total. The minimum atomic E-state index is -0.101. The van der Waals surface area contributed by atoms with E-state index in [0.29, 0.717) is 17.4 Å². The second-order valence-corrected chi connectivity index (χ2v) is 8.49. The lowest BCUT2D eigenvalue weighted by Crippen LogP contribution is -2.32. The molecule has 2 aromatic heterocycles. The first-order valence-electron chi connectivity index (χ1n) is 9.89. The zero-order valence-corrected chi connectivity index (χ0v) is 17.6. The van der Waals surface area contributed by atoms with Crippen LogP contribution >= 0.6 is 11.3 Å². The summed E-state index contributed by atoms with van der Waals surface area (Å²) in [5, 5.41) is 9.18. The maximum absolute atomic E-state index is 12.4. The number of anilines is 1. The zero-order chi connectivity index (χ0) is 20.2. The molecule has 1 N–H and O–H groups in total. The van der Waals surface area contributed by atoms with Gasteiger partial charge in [-0.2, -0.15) is 5.10 Å². The van der Waals surface area contributed by atoms with E-state index in [1.165, 1.54) is 11.3 Å². The molecule has 29 heavy (non-hydrogen) atoms. The van der Waals surface area contributed by atoms with Crippen LogP contribution in [0.15, 0.2) is 48.0 Å². The predicted molar refractivity (Wildman–Crippen MR) is 117 cm³/mol. The summed E-state index contributed by atoms with van der Waals surface area (Å²) in [6.07, 6.45) is 4.09. The largest absolute Gasteiger partial charge is 0.493 e. The van der Waals surface area contributed by atoms with E-state index in [9.17, 15) is 4.79 Å². The number of aromatic nitrogens is 2. The third kappa shape index (κ3) is 4.68. The van der Waals surface area contributed by atoms with Crippen LogP contribution in [0.3, 0.4) is 0 Å². The number of carbonyl (C=O) groups is 1. The molecule has 1 aromatic carbocycles. The van der Waals surface area contributed by atoms with Crippen LogP contribution in [-0.4, -0.2) is 47.3 Å². The quantitative estimate of drug-likeness (QED) is 0.664. The molecule has 0 unspecified atom stereocenters. The van der Waals surface area contributed by atoms with E-state index in [-0.39, 0.29) is 5.91 Å². The molecule has 0 saturated carbocycles. The maximum atomic E-state index is 12.4. The van der Waals surface area contributed by atoms with Crippen LogP contribution in [0.25, 0.3) is 11.3 Å². The molecule has 1 amide bonds. The van der Waals surface area contributed by atoms with Gasteiger partial charge in [0.2, 0.25) is 0 Å². The van der Waals surface area contributed by atoms with Gasteiger partial charge >= 0.3 is 0 Å². The van der Waals surface area contributed by atoms with Crippen molar-refractivity contribution in [2.75, 3.05) is 32.1 Å². The van der Waals surface area contributed by atoms with Crippen LogP contribution in [0.1, 0.15) is 22.5 Å². The first kappa shape index (κ1) is 19.7. The fraction of sp³-hybridized carbons (Fsp3) is 0.364. The monoisotopic (exact) mass is 410 g/mol. The van der Waals surface area contributed by atoms with E-state index in [0.717, 1.165) is 48.6 Å². The van der Waals surface area contributed by atoms with Crippen LogP contribution < -0.4 is 10.1 Å². The van der Waals surface area contributed by atoms with E-state index >= 15 is 0 Å². The molecule has 0 radical (unpaired) electrons. The van der Waals surface area contributed by atoms with Crippen molar-refractivity contribution in [3.63, 3.8) is 0 Å². The van der Waals surface area contributed by atoms with Crippen LogP contribution in [0.4, 0.5) is 5.69 Å². The van der Waals surface area contributed by atoms with Gasteiger partial charge in [-0.25, -0.2) is 0 Å². The fourth-order valence-corrected chi connectivity index (χ4v) is 4.23. The van der Waals surface area contributed by atoms with Gasteiger partial charge in [0, 0.05) is 24.5 Å². The van der Waals surface area contributed by atoms with E-state index in [1.54, 1.807) is 6.20 Å². The van der Waals surface area contributed by atoms with Gasteiger partial charge in [0.25, 0.3) is 5.91 Å². The highest BCUT2D eigenvalue weighted by molar-refractivity contribution is 7.12. The molecule has 1 saturated heterocycles. The van der Waals surface area contributed by atoms with Crippen molar-refractivity contribution in [3.05, 3.63) is 52.9 Å². The highest BCUT2D eigenvalue weighted by Gasteiger charge is 2.19. The Morgan fingerprint density at radius 2 is 2.07 bits per heavy atom. The number of carbonyl (C=O) groups excluding carboxylic acids is 1. The number of hydrogen-bond acceptors (Lipinski definition) is 5. The summed E-state index contributed by atoms with van der Waals surface area (Å²) >= 11 is 1.43. The normalized spacial score (nSPS) is 15.4. The molecule has 1 aliphatic rings. The summed E-state index contributed by atoms with van der Waals surface area (Å²) in [4.78, 5) is 15.5. The van der Waals surface area contributed by atoms with Crippen LogP contribution in [0.5, 0.6) is 5.75 Å². The second kappa shape index (κ2) is 8.80. The van der Waals surface area contributed by atoms with Gasteiger partial charge in [-0.1, -0.05) is 6.07 Å². The van der Waals surface area contributed by atoms with E-state index in [1.807, 2.05) is 53.5 Å². The number of amides is 1. The van der Waals surface area contributed by atoms with E-state index in [2.05, 4.69) is 22.4 Å². The number of benzene rings is 1. The summed E-state index contributed by atoms with van der Waals surface area (Å²) in [7, 11) is 4.08. The molecule has 7 heteroatoms. The summed E-state index contributed by atoms with van der Waals surface area (Å²) < 4.78 is 8.07. The Hall–Kier alpha value is -2.64. The van der Waals surface area contributed by atoms with Crippen molar-refractivity contribution < 1.29 is 9.53 Å². The number of aryl methyl sites for hydroxylation is 1. The zero-order valence-electron chi connectivity index (χ0n) is 16.8. The van der Waals surface area contributed by atoms with Gasteiger partial charge in [-0.05, 0) is 74.6 Å². The molecular weight excluding hydrogens is 384 g/mol. The minimum absolute atomic E-state index is 0.101. The Morgan fingerprint density at radius 3 is 2.76 bits per heavy atom. The number of likely N-dealkylation sites (tertiary alicyclic amines) is 1. The second-order valence-electron chi connectivity index (χ2n) is 7.54. The predicted octanol–water partition coefficient (Wildman–Crippen LogP) is 4.12. The maximum Gasteiger partial charge on any atom is 0.265 e. The van der Waals surface area contributed by atoms with E-state index < -0.39 is 0 Å². The molecule has 0 bridgehead atoms. The molecule has 1 aliphatic heterocycles. The van der Waals surface area contributed by atoms with Gasteiger partial charge in [0.1, 0.15) is 5.75 Å². The Kier molecular flexibility index (Phi) is 5.97. The van der Waals surface area contributed by atoms with Crippen molar-refractivity contribution in [2.24, 2.45) is 13.0 Å². The lowest BCUT2D eigenvalue weighted by atomic mass is 9.98. The number of piperidine rings is 1. The molecule has 0 aliphatic carbocycles. The van der Waals surface area contributed by atoms with Gasteiger partial charge in [-0.15, -0.1) is 11.3 Å². The summed E-state index contributed by atoms with van der Waals surface area (Å²) in [6, 6.07) is 11.5. The fourth-order valence-electron chi connectivity index (χ4n) is 3.61. The summed E-state index contributed by atoms with van der Waals surface area (Å²) in [5.41, 5.74) is 2.63. The molecule has 0 atom stereocenters. The van der Waals surface area contributed by atoms with E-state index in [4.69, 9.17) is 4.74 Å². The number of hydrogen-bond donors (Lipinski definition) is 1. The first-order chi connectivity index (χ1) is 14.1. The van der Waals surface area contributed by atoms with Gasteiger partial charge in [0.15, 0.2) is 0 Å². The van der Waals surface area contributed by atoms with Crippen molar-refractivity contribution in [1.29, 1.82) is 0 Å². The lowest BCUT2D eigenvalue weighted by Gasteiger charge is -2.29. The summed E-state index contributed by atoms with van der Waals surface area (Å²) in [5.74, 6) is 1.29. The SMILES string of the molecule is CN1CCC(COc2ccc(NC(=O)c3cccs3)cc2-c2ccnn2C)CC1. The molecule has 0 spiro atoms. The Labute approximate surface area is 175 Å². The van der Waals surface area contributed by atoms with Gasteiger partial charge in [0.05, 0.1) is 17.2 Å². The number of nitrogens with one attached hydrogen (secondary N) is 1. The third-order valence-corrected chi connectivity index (χ3v) is 6.26. The Bertz CT molecular complexity index is 959. The van der Waals surface area contributed by atoms with Gasteiger partial charge in [-0.3, -0.25) is 9.48 Å². The van der Waals surface area contributed by atoms with Crippen molar-refractivity contribution in [3.8, 4) is 17.0 Å². The Morgan fingerprint density at radius 1 is 1.24 bits per heavy atom. The number of nitrogens with zero attached hydrogens (tertiary/aromatic N) is 3. The number of thiophene rings is 1. The van der Waals surface area contributed by atoms with Crippen molar-refractivity contribution >= 4 is 22.9 Å². The third-order valence-electron chi connectivity index (χ3n) is 5.39. The molecule has 152 valence electrons. The van der Waals surface area contributed by atoms with Crippen LogP contribution in [0.2, 0.25) is 0 Å². The lowest BCUT2D eigenvalue weighted by molar-refractivity contribution is 0.103. The van der Waals surface area contributed by atoms with Gasteiger partial charge < -0.3 is 15.0 Å². The number of ether oxygens (including phenoxy) is 1. The molecule has 4 rings (SSSR count). The highest BCUT2D eigenvalue weighted by atomic mass is 32.1. The molecule has 1 fully saturated rings. The average molecular weight is 411 g/mol. The smallest absolute Gasteiger partial charge is 0.265 e. The highest BCUT2D eigenvalue weighted by Crippen LogP contribution is 2.33. The Balaban J connectivity index is 1.54. The first-order valence-corrected chi connectivity index (χ1v) is 10.8. The van der Waals surface area contributed by atoms with Crippen molar-refractivity contribution in [2.45, 2.75) is 12.8 Å². The molecule has 3 heterocycles. The number of rotatable bonds is 6. The average Bonchev–Trinajstić information content (AvgIpc) is 3.40. The summed E-state index contributed by atoms with van der Waals surface area (Å²) in [6.45, 7) is 2.95. The van der Waals surface area contributed by atoms with Crippen LogP contribution in [-0.2, 0) is 7.05 Å². The van der Waals surface area contributed by atoms with Crippen molar-refractivity contribution in [1.82, 2.24) is 14.7 Å². The standard InChI is InChI=1S/C22H26N4O2S/c1-25-11-8-16(9-12-25)15-28-20-6-5-17(24-22(27)21-4-3-13-29-21)14-18(20)19-7-10-23-26(19)2/h3-7,10,13-14,16H,8-9,11-12,15H2,1-2H3,(H,24,27). The minimum Gasteiger partial charge on any atom is -0.493 e.